The van der Waals surface area contributed by atoms with E-state index in [0.717, 1.165) is 12.1 Å². The van der Waals surface area contributed by atoms with Gasteiger partial charge in [-0.15, -0.1) is 13.2 Å². The molecule has 0 unspecified atom stereocenters. The Kier molecular flexibility index (Phi) is 7.80. The van der Waals surface area contributed by atoms with Gasteiger partial charge in [-0.3, -0.25) is 0 Å². The number of fused-ring (bicyclic) bond motifs is 1. The Morgan fingerprint density at radius 2 is 1.39 bits per heavy atom. The van der Waals surface area contributed by atoms with Crippen molar-refractivity contribution in [3.63, 3.8) is 0 Å². The molecule has 0 atom stereocenters. The fourth-order valence-electron chi connectivity index (χ4n) is 4.06. The number of benzene rings is 4. The first-order chi connectivity index (χ1) is 18.0. The van der Waals surface area contributed by atoms with E-state index in [1.165, 1.54) is 30.3 Å². The maximum atomic E-state index is 15.2. The van der Waals surface area contributed by atoms with Gasteiger partial charge in [-0.05, 0) is 59.5 Å². The number of aryl methyl sites for hydroxylation is 2. The molecular formula is C28H20F8O2. The minimum atomic E-state index is -5.26. The zero-order valence-electron chi connectivity index (χ0n) is 19.9. The van der Waals surface area contributed by atoms with E-state index in [9.17, 15) is 30.7 Å². The highest BCUT2D eigenvalue weighted by Gasteiger charge is 2.34. The molecule has 200 valence electrons. The molecule has 0 N–H and O–H groups in total. The molecule has 0 bridgehead atoms. The van der Waals surface area contributed by atoms with Crippen LogP contribution in [0, 0.1) is 29.1 Å². The van der Waals surface area contributed by atoms with Gasteiger partial charge >= 0.3 is 6.36 Å². The van der Waals surface area contributed by atoms with Crippen LogP contribution in [0.15, 0.2) is 54.6 Å². The summed E-state index contributed by atoms with van der Waals surface area (Å²) in [5.41, 5.74) is 0.0780. The van der Waals surface area contributed by atoms with Crippen LogP contribution in [0.2, 0.25) is 0 Å². The fraction of sp³-hybridized carbons (Fsp3) is 0.214. The van der Waals surface area contributed by atoms with E-state index in [1.807, 2.05) is 6.92 Å². The summed E-state index contributed by atoms with van der Waals surface area (Å²) in [5.74, 6) is -6.88. The Balaban J connectivity index is 1.56. The number of hydrogen-bond acceptors (Lipinski definition) is 2. The lowest BCUT2D eigenvalue weighted by atomic mass is 9.96. The van der Waals surface area contributed by atoms with E-state index in [-0.39, 0.29) is 46.2 Å². The van der Waals surface area contributed by atoms with Crippen LogP contribution in [-0.4, -0.2) is 13.0 Å². The van der Waals surface area contributed by atoms with Crippen LogP contribution in [-0.2, 0) is 12.8 Å². The zero-order valence-corrected chi connectivity index (χ0v) is 19.9. The van der Waals surface area contributed by atoms with Gasteiger partial charge in [-0.2, -0.15) is 0 Å². The summed E-state index contributed by atoms with van der Waals surface area (Å²) in [5, 5.41) is 0.515. The Hall–Kier alpha value is -3.82. The van der Waals surface area contributed by atoms with Crippen LogP contribution >= 0.6 is 0 Å². The van der Waals surface area contributed by atoms with Gasteiger partial charge in [-0.25, -0.2) is 22.0 Å². The second-order valence-electron chi connectivity index (χ2n) is 8.52. The lowest BCUT2D eigenvalue weighted by molar-refractivity contribution is -0.276. The molecule has 10 heteroatoms. The summed E-state index contributed by atoms with van der Waals surface area (Å²) < 4.78 is 118. The lowest BCUT2D eigenvalue weighted by Gasteiger charge is -2.13. The van der Waals surface area contributed by atoms with Crippen molar-refractivity contribution in [1.82, 2.24) is 0 Å². The van der Waals surface area contributed by atoms with E-state index in [2.05, 4.69) is 4.74 Å². The number of halogens is 8. The highest BCUT2D eigenvalue weighted by molar-refractivity contribution is 5.88. The molecule has 0 aliphatic carbocycles. The topological polar surface area (TPSA) is 18.5 Å². The van der Waals surface area contributed by atoms with Crippen molar-refractivity contribution in [2.75, 3.05) is 6.61 Å². The van der Waals surface area contributed by atoms with Crippen molar-refractivity contribution < 1.29 is 44.6 Å². The first kappa shape index (κ1) is 27.2. The number of alkyl halides is 3. The average molecular weight is 540 g/mol. The Bertz CT molecular complexity index is 1430. The molecule has 0 aromatic heterocycles. The molecule has 0 spiro atoms. The fourth-order valence-corrected chi connectivity index (χ4v) is 4.06. The molecule has 0 saturated carbocycles. The summed E-state index contributed by atoms with van der Waals surface area (Å²) in [7, 11) is 0. The van der Waals surface area contributed by atoms with E-state index < -0.39 is 41.2 Å². The van der Waals surface area contributed by atoms with Gasteiger partial charge in [0.2, 0.25) is 5.75 Å². The standard InChI is InChI=1S/C28H20F8O2/c1-2-9-37-19-13-21(29)25(22(30)14-19)18-7-8-20-17(12-18)6-5-16(26(20)33)4-3-15-10-23(31)27(24(32)11-15)38-28(34,35)36/h5-8,10-14H,2-4,9H2,1H3. The molecular weight excluding hydrogens is 520 g/mol. The van der Waals surface area contributed by atoms with Gasteiger partial charge in [0.15, 0.2) is 11.6 Å². The van der Waals surface area contributed by atoms with Crippen LogP contribution in [0.5, 0.6) is 11.5 Å². The molecule has 0 radical (unpaired) electrons. The SMILES string of the molecule is CCCOc1cc(F)c(-c2ccc3c(F)c(CCc4cc(F)c(OC(F)(F)F)c(F)c4)ccc3c2)c(F)c1. The summed E-state index contributed by atoms with van der Waals surface area (Å²) in [4.78, 5) is 0. The van der Waals surface area contributed by atoms with Crippen molar-refractivity contribution in [1.29, 1.82) is 0 Å². The van der Waals surface area contributed by atoms with Gasteiger partial charge in [0.05, 0.1) is 12.2 Å². The molecule has 4 aromatic rings. The molecule has 0 amide bonds. The van der Waals surface area contributed by atoms with Crippen molar-refractivity contribution in [3.8, 4) is 22.6 Å². The molecule has 38 heavy (non-hydrogen) atoms. The van der Waals surface area contributed by atoms with Crippen LogP contribution < -0.4 is 9.47 Å². The van der Waals surface area contributed by atoms with E-state index in [0.29, 0.717) is 30.5 Å². The molecule has 4 rings (SSSR count). The predicted molar refractivity (Wildman–Crippen MR) is 125 cm³/mol. The summed E-state index contributed by atoms with van der Waals surface area (Å²) in [6, 6.07) is 10.7. The summed E-state index contributed by atoms with van der Waals surface area (Å²) >= 11 is 0. The predicted octanol–water partition coefficient (Wildman–Crippen LogP) is 8.67. The highest BCUT2D eigenvalue weighted by atomic mass is 19.4. The maximum Gasteiger partial charge on any atom is 0.573 e. The second kappa shape index (κ2) is 10.9. The normalized spacial score (nSPS) is 11.7. The summed E-state index contributed by atoms with van der Waals surface area (Å²) in [6.07, 6.45) is -4.70. The van der Waals surface area contributed by atoms with E-state index in [4.69, 9.17) is 4.74 Å². The Morgan fingerprint density at radius 3 is 2.00 bits per heavy atom. The lowest BCUT2D eigenvalue weighted by Crippen LogP contribution is -2.19. The molecule has 0 saturated heterocycles. The number of rotatable bonds is 8. The molecule has 2 nitrogen and oxygen atoms in total. The van der Waals surface area contributed by atoms with Crippen LogP contribution in [0.25, 0.3) is 21.9 Å². The largest absolute Gasteiger partial charge is 0.573 e. The van der Waals surface area contributed by atoms with Gasteiger partial charge in [0, 0.05) is 17.5 Å². The molecule has 0 fully saturated rings. The Morgan fingerprint density at radius 1 is 0.737 bits per heavy atom. The van der Waals surface area contributed by atoms with Crippen molar-refractivity contribution in [2.24, 2.45) is 0 Å². The molecule has 0 aliphatic heterocycles. The third kappa shape index (κ3) is 6.00. The minimum Gasteiger partial charge on any atom is -0.493 e. The number of ether oxygens (including phenoxy) is 2. The quantitative estimate of drug-likeness (QED) is 0.208. The van der Waals surface area contributed by atoms with Crippen molar-refractivity contribution in [3.05, 3.63) is 94.8 Å². The van der Waals surface area contributed by atoms with Gasteiger partial charge < -0.3 is 9.47 Å². The number of hydrogen-bond donors (Lipinski definition) is 0. The third-order valence-electron chi connectivity index (χ3n) is 5.77. The smallest absolute Gasteiger partial charge is 0.493 e. The van der Waals surface area contributed by atoms with Gasteiger partial charge in [-0.1, -0.05) is 31.2 Å². The first-order valence-electron chi connectivity index (χ1n) is 11.5. The molecule has 0 heterocycles. The first-order valence-corrected chi connectivity index (χ1v) is 11.5. The third-order valence-corrected chi connectivity index (χ3v) is 5.77. The maximum absolute atomic E-state index is 15.2. The zero-order chi connectivity index (χ0) is 27.6. The van der Waals surface area contributed by atoms with Gasteiger partial charge in [0.25, 0.3) is 0 Å². The molecule has 0 aliphatic rings. The average Bonchev–Trinajstić information content (AvgIpc) is 2.83. The summed E-state index contributed by atoms with van der Waals surface area (Å²) in [6.45, 7) is 2.16. The Labute approximate surface area is 212 Å². The highest BCUT2D eigenvalue weighted by Crippen LogP contribution is 2.34. The minimum absolute atomic E-state index is 0.00156. The van der Waals surface area contributed by atoms with Gasteiger partial charge in [0.1, 0.15) is 23.2 Å². The van der Waals surface area contributed by atoms with Crippen molar-refractivity contribution >= 4 is 10.8 Å². The molecule has 4 aromatic carbocycles. The second-order valence-corrected chi connectivity index (χ2v) is 8.52. The van der Waals surface area contributed by atoms with E-state index >= 15 is 4.39 Å². The van der Waals surface area contributed by atoms with Crippen LogP contribution in [0.1, 0.15) is 24.5 Å². The monoisotopic (exact) mass is 540 g/mol. The van der Waals surface area contributed by atoms with Crippen LogP contribution in [0.3, 0.4) is 0 Å². The van der Waals surface area contributed by atoms with E-state index in [1.54, 1.807) is 0 Å². The van der Waals surface area contributed by atoms with Crippen molar-refractivity contribution in [2.45, 2.75) is 32.5 Å². The van der Waals surface area contributed by atoms with Crippen LogP contribution in [0.4, 0.5) is 35.1 Å².